The lowest BCUT2D eigenvalue weighted by Gasteiger charge is -2.30. The Labute approximate surface area is 226 Å². The maximum absolute atomic E-state index is 13.4. The number of thioether (sulfide) groups is 1. The normalized spacial score (nSPS) is 14.5. The van der Waals surface area contributed by atoms with Crippen LogP contribution < -0.4 is 15.5 Å². The first-order chi connectivity index (χ1) is 18.8. The van der Waals surface area contributed by atoms with Crippen molar-refractivity contribution < 1.29 is 27.1 Å². The predicted octanol–water partition coefficient (Wildman–Crippen LogP) is 5.24. The molecule has 0 bridgehead atoms. The molecule has 204 valence electrons. The van der Waals surface area contributed by atoms with Gasteiger partial charge in [0.05, 0.1) is 37.1 Å². The van der Waals surface area contributed by atoms with Crippen molar-refractivity contribution in [1.29, 1.82) is 5.26 Å². The second-order valence-electron chi connectivity index (χ2n) is 8.40. The topological polar surface area (TPSA) is 103 Å². The van der Waals surface area contributed by atoms with Crippen LogP contribution in [0.15, 0.2) is 54.7 Å². The highest BCUT2D eigenvalue weighted by atomic mass is 32.2. The van der Waals surface area contributed by atoms with Crippen molar-refractivity contribution in [1.82, 2.24) is 15.3 Å². The highest BCUT2D eigenvalue weighted by molar-refractivity contribution is 8.14. The van der Waals surface area contributed by atoms with Gasteiger partial charge in [0.15, 0.2) is 0 Å². The molecule has 13 heteroatoms. The van der Waals surface area contributed by atoms with Crippen LogP contribution in [0.2, 0.25) is 0 Å². The summed E-state index contributed by atoms with van der Waals surface area (Å²) in [5.41, 5.74) is 2.54. The zero-order chi connectivity index (χ0) is 27.8. The van der Waals surface area contributed by atoms with Gasteiger partial charge in [0.25, 0.3) is 0 Å². The summed E-state index contributed by atoms with van der Waals surface area (Å²) in [4.78, 5) is 23.3. The average Bonchev–Trinajstić information content (AvgIpc) is 2.94. The summed E-state index contributed by atoms with van der Waals surface area (Å²) >= 11 is 0.573. The minimum absolute atomic E-state index is 0.0300. The van der Waals surface area contributed by atoms with E-state index in [-0.39, 0.29) is 11.5 Å². The van der Waals surface area contributed by atoms with Gasteiger partial charge in [-0.2, -0.15) is 18.4 Å². The Balaban J connectivity index is 1.55. The molecule has 1 atom stereocenters. The van der Waals surface area contributed by atoms with E-state index in [1.54, 1.807) is 30.3 Å². The summed E-state index contributed by atoms with van der Waals surface area (Å²) in [5.74, 6) is 0.205. The molecular formula is C26H24F4N6O2S. The molecular weight excluding hydrogens is 536 g/mol. The number of rotatable bonds is 9. The van der Waals surface area contributed by atoms with Crippen LogP contribution in [0, 0.1) is 11.3 Å². The summed E-state index contributed by atoms with van der Waals surface area (Å²) in [6.45, 7) is 1.82. The van der Waals surface area contributed by atoms with Gasteiger partial charge in [0.1, 0.15) is 12.0 Å². The molecule has 2 heterocycles. The SMILES string of the molecule is N#CCNC(c1ccc(-c2ccnc(Nc3ccc(N4CCOCC4)c(C(=O)SCF)c3)n2)cc1)C(F)(F)F. The second kappa shape index (κ2) is 12.9. The van der Waals surface area contributed by atoms with E-state index >= 15 is 0 Å². The molecule has 0 radical (unpaired) electrons. The number of anilines is 3. The van der Waals surface area contributed by atoms with Crippen molar-refractivity contribution >= 4 is 34.2 Å². The lowest BCUT2D eigenvalue weighted by molar-refractivity contribution is -0.157. The Morgan fingerprint density at radius 2 is 1.90 bits per heavy atom. The van der Waals surface area contributed by atoms with E-state index in [4.69, 9.17) is 10.00 Å². The van der Waals surface area contributed by atoms with E-state index in [0.717, 1.165) is 0 Å². The fourth-order valence-electron chi connectivity index (χ4n) is 4.11. The molecule has 2 aromatic carbocycles. The molecule has 1 unspecified atom stereocenters. The van der Waals surface area contributed by atoms with Crippen molar-refractivity contribution in [2.45, 2.75) is 12.2 Å². The number of alkyl halides is 4. The van der Waals surface area contributed by atoms with Crippen LogP contribution in [-0.2, 0) is 4.74 Å². The van der Waals surface area contributed by atoms with Gasteiger partial charge < -0.3 is 15.0 Å². The van der Waals surface area contributed by atoms with Crippen molar-refractivity contribution in [3.05, 3.63) is 65.9 Å². The summed E-state index contributed by atoms with van der Waals surface area (Å²) in [7, 11) is 0. The second-order valence-corrected chi connectivity index (χ2v) is 9.28. The minimum Gasteiger partial charge on any atom is -0.378 e. The van der Waals surface area contributed by atoms with Crippen LogP contribution in [0.25, 0.3) is 11.3 Å². The fraction of sp³-hybridized carbons (Fsp3) is 0.308. The van der Waals surface area contributed by atoms with Crippen molar-refractivity contribution in [2.75, 3.05) is 49.1 Å². The quantitative estimate of drug-likeness (QED) is 0.269. The summed E-state index contributed by atoms with van der Waals surface area (Å²) < 4.78 is 58.6. The van der Waals surface area contributed by atoms with E-state index in [0.29, 0.717) is 66.3 Å². The molecule has 0 saturated carbocycles. The number of nitrogens with one attached hydrogen (secondary N) is 2. The monoisotopic (exact) mass is 560 g/mol. The molecule has 2 N–H and O–H groups in total. The molecule has 8 nitrogen and oxygen atoms in total. The van der Waals surface area contributed by atoms with Crippen LogP contribution >= 0.6 is 11.8 Å². The van der Waals surface area contributed by atoms with Crippen LogP contribution in [0.3, 0.4) is 0 Å². The van der Waals surface area contributed by atoms with E-state index in [1.165, 1.54) is 30.5 Å². The minimum atomic E-state index is -4.56. The number of carbonyl (C=O) groups is 1. The third-order valence-corrected chi connectivity index (χ3v) is 6.51. The van der Waals surface area contributed by atoms with E-state index in [2.05, 4.69) is 20.6 Å². The van der Waals surface area contributed by atoms with Gasteiger partial charge in [-0.25, -0.2) is 14.4 Å². The Hall–Kier alpha value is -3.73. The largest absolute Gasteiger partial charge is 0.407 e. The van der Waals surface area contributed by atoms with E-state index in [1.807, 2.05) is 4.90 Å². The Morgan fingerprint density at radius 3 is 2.56 bits per heavy atom. The number of hydrogen-bond donors (Lipinski definition) is 2. The predicted molar refractivity (Wildman–Crippen MR) is 141 cm³/mol. The average molecular weight is 561 g/mol. The van der Waals surface area contributed by atoms with Gasteiger partial charge in [0.2, 0.25) is 11.1 Å². The van der Waals surface area contributed by atoms with E-state index < -0.39 is 29.9 Å². The molecule has 39 heavy (non-hydrogen) atoms. The zero-order valence-corrected chi connectivity index (χ0v) is 21.4. The zero-order valence-electron chi connectivity index (χ0n) is 20.5. The maximum atomic E-state index is 13.4. The molecule has 0 amide bonds. The number of nitriles is 1. The number of hydrogen-bond acceptors (Lipinski definition) is 9. The number of ether oxygens (including phenoxy) is 1. The molecule has 3 aromatic rings. The molecule has 1 aliphatic rings. The number of morpholine rings is 1. The van der Waals surface area contributed by atoms with E-state index in [9.17, 15) is 22.4 Å². The lowest BCUT2D eigenvalue weighted by atomic mass is 10.0. The Bertz CT molecular complexity index is 1330. The van der Waals surface area contributed by atoms with Crippen molar-refractivity contribution in [3.8, 4) is 17.3 Å². The summed E-state index contributed by atoms with van der Waals surface area (Å²) in [6, 6.07) is 11.3. The van der Waals surface area contributed by atoms with Gasteiger partial charge >= 0.3 is 6.18 Å². The smallest absolute Gasteiger partial charge is 0.378 e. The number of halogens is 4. The van der Waals surface area contributed by atoms with Gasteiger partial charge in [0, 0.05) is 36.2 Å². The molecule has 0 aliphatic carbocycles. The first-order valence-electron chi connectivity index (χ1n) is 11.9. The maximum Gasteiger partial charge on any atom is 0.407 e. The van der Waals surface area contributed by atoms with Crippen molar-refractivity contribution in [2.24, 2.45) is 0 Å². The first-order valence-corrected chi connectivity index (χ1v) is 12.9. The molecule has 1 saturated heterocycles. The number of carbonyl (C=O) groups excluding carboxylic acids is 1. The lowest BCUT2D eigenvalue weighted by Crippen LogP contribution is -2.37. The van der Waals surface area contributed by atoms with Crippen LogP contribution in [0.4, 0.5) is 34.9 Å². The standard InChI is InChI=1S/C26H24F4N6O2S/c27-16-39-24(37)20-15-19(5-6-22(20)36-11-13-38-14-12-36)34-25-33-9-7-21(35-25)17-1-3-18(4-2-17)23(26(28,29)30)32-10-8-31/h1-7,9,15,23,32H,10-14,16H2,(H,33,34,35). The number of nitrogens with zero attached hydrogens (tertiary/aromatic N) is 4. The van der Waals surface area contributed by atoms with Crippen LogP contribution in [0.5, 0.6) is 0 Å². The van der Waals surface area contributed by atoms with Gasteiger partial charge in [-0.05, 0) is 41.6 Å². The number of aromatic nitrogens is 2. The molecule has 1 aromatic heterocycles. The first kappa shape index (κ1) is 28.3. The third-order valence-electron chi connectivity index (χ3n) is 5.92. The van der Waals surface area contributed by atoms with Gasteiger partial charge in [-0.1, -0.05) is 24.3 Å². The highest BCUT2D eigenvalue weighted by Crippen LogP contribution is 2.34. The Morgan fingerprint density at radius 1 is 1.15 bits per heavy atom. The molecule has 0 spiro atoms. The third kappa shape index (κ3) is 7.23. The Kier molecular flexibility index (Phi) is 9.34. The fourth-order valence-corrected chi connectivity index (χ4v) is 4.53. The highest BCUT2D eigenvalue weighted by Gasteiger charge is 2.40. The van der Waals surface area contributed by atoms with Crippen molar-refractivity contribution in [3.63, 3.8) is 0 Å². The van der Waals surface area contributed by atoms with Crippen LogP contribution in [-0.4, -0.2) is 60.1 Å². The van der Waals surface area contributed by atoms with Gasteiger partial charge in [-0.3, -0.25) is 10.1 Å². The van der Waals surface area contributed by atoms with Crippen LogP contribution in [0.1, 0.15) is 22.0 Å². The van der Waals surface area contributed by atoms with Gasteiger partial charge in [-0.15, -0.1) is 0 Å². The summed E-state index contributed by atoms with van der Waals surface area (Å²) in [5, 5.41) is 13.5. The molecule has 1 fully saturated rings. The molecule has 4 rings (SSSR count). The number of benzene rings is 2. The molecule has 1 aliphatic heterocycles. The summed E-state index contributed by atoms with van der Waals surface area (Å²) in [6.07, 6.45) is -3.07.